The third-order valence-electron chi connectivity index (χ3n) is 4.32. The molecule has 2 heterocycles. The molecular weight excluding hydrogens is 348 g/mol. The first kappa shape index (κ1) is 18.4. The van der Waals surface area contributed by atoms with Gasteiger partial charge >= 0.3 is 6.03 Å². The van der Waals surface area contributed by atoms with E-state index < -0.39 is 23.4 Å². The summed E-state index contributed by atoms with van der Waals surface area (Å²) in [4.78, 5) is 41.1. The van der Waals surface area contributed by atoms with Crippen molar-refractivity contribution in [3.05, 3.63) is 48.3 Å². The molecule has 4 amide bonds. The molecule has 0 spiro atoms. The van der Waals surface area contributed by atoms with Gasteiger partial charge < -0.3 is 15.0 Å². The Labute approximate surface area is 156 Å². The highest BCUT2D eigenvalue weighted by molar-refractivity contribution is 6.08. The van der Waals surface area contributed by atoms with E-state index in [1.165, 1.54) is 4.90 Å². The van der Waals surface area contributed by atoms with Gasteiger partial charge in [-0.2, -0.15) is 0 Å². The van der Waals surface area contributed by atoms with Gasteiger partial charge in [-0.3, -0.25) is 19.9 Å². The number of hydrogen-bond acceptors (Lipinski definition) is 5. The molecule has 0 atom stereocenters. The predicted octanol–water partition coefficient (Wildman–Crippen LogP) is 2.45. The number of pyridine rings is 1. The highest BCUT2D eigenvalue weighted by Gasteiger charge is 2.46. The summed E-state index contributed by atoms with van der Waals surface area (Å²) in [5, 5.41) is 4.95. The Balaban J connectivity index is 1.66. The second kappa shape index (κ2) is 7.06. The number of nitrogens with one attached hydrogen (secondary N) is 2. The van der Waals surface area contributed by atoms with E-state index in [4.69, 9.17) is 4.74 Å². The van der Waals surface area contributed by atoms with Crippen LogP contribution in [0.5, 0.6) is 11.5 Å². The van der Waals surface area contributed by atoms with Gasteiger partial charge in [0, 0.05) is 11.9 Å². The molecule has 0 aliphatic carbocycles. The van der Waals surface area contributed by atoms with Crippen molar-refractivity contribution >= 4 is 23.5 Å². The van der Waals surface area contributed by atoms with Crippen LogP contribution in [0.25, 0.3) is 0 Å². The number of ether oxygens (including phenoxy) is 1. The molecule has 1 fully saturated rings. The molecule has 27 heavy (non-hydrogen) atoms. The summed E-state index contributed by atoms with van der Waals surface area (Å²) in [6.07, 6.45) is 3.27. The molecule has 0 radical (unpaired) electrons. The van der Waals surface area contributed by atoms with E-state index in [2.05, 4.69) is 15.6 Å². The molecule has 3 rings (SSSR count). The van der Waals surface area contributed by atoms with Gasteiger partial charge in [-0.05, 0) is 56.7 Å². The normalized spacial score (nSPS) is 15.4. The van der Waals surface area contributed by atoms with E-state index in [-0.39, 0.29) is 6.54 Å². The SMILES string of the molecule is Cc1cc(NC(=O)CN2C(=O)NC(=O)C2(C)C)ccc1Oc1cccnc1. The number of nitrogens with zero attached hydrogens (tertiary/aromatic N) is 2. The van der Waals surface area contributed by atoms with Gasteiger partial charge in [0.1, 0.15) is 23.6 Å². The van der Waals surface area contributed by atoms with Crippen LogP contribution in [0.2, 0.25) is 0 Å². The van der Waals surface area contributed by atoms with Gasteiger partial charge in [-0.15, -0.1) is 0 Å². The van der Waals surface area contributed by atoms with Gasteiger partial charge in [0.05, 0.1) is 6.20 Å². The zero-order valence-corrected chi connectivity index (χ0v) is 15.3. The summed E-state index contributed by atoms with van der Waals surface area (Å²) in [6, 6.07) is 8.22. The summed E-state index contributed by atoms with van der Waals surface area (Å²) < 4.78 is 5.76. The fraction of sp³-hybridized carbons (Fsp3) is 0.263. The van der Waals surface area contributed by atoms with Crippen LogP contribution >= 0.6 is 0 Å². The highest BCUT2D eigenvalue weighted by Crippen LogP contribution is 2.27. The molecule has 0 bridgehead atoms. The standard InChI is InChI=1S/C19H20N4O4/c1-12-9-13(6-7-15(12)27-14-5-4-8-20-10-14)21-16(24)11-23-18(26)22-17(25)19(23,2)3/h4-10H,11H2,1-3H3,(H,21,24)(H,22,25,26). The number of hydrogen-bond donors (Lipinski definition) is 2. The van der Waals surface area contributed by atoms with Crippen molar-refractivity contribution in [3.63, 3.8) is 0 Å². The van der Waals surface area contributed by atoms with E-state index in [1.54, 1.807) is 56.6 Å². The van der Waals surface area contributed by atoms with E-state index in [0.29, 0.717) is 17.2 Å². The molecule has 1 aromatic heterocycles. The molecule has 8 heteroatoms. The van der Waals surface area contributed by atoms with E-state index in [9.17, 15) is 14.4 Å². The van der Waals surface area contributed by atoms with Crippen molar-refractivity contribution < 1.29 is 19.1 Å². The Morgan fingerprint density at radius 1 is 1.30 bits per heavy atom. The molecule has 0 unspecified atom stereocenters. The Morgan fingerprint density at radius 2 is 2.07 bits per heavy atom. The van der Waals surface area contributed by atoms with Crippen molar-refractivity contribution in [2.75, 3.05) is 11.9 Å². The lowest BCUT2D eigenvalue weighted by Crippen LogP contribution is -2.47. The molecule has 8 nitrogen and oxygen atoms in total. The van der Waals surface area contributed by atoms with E-state index in [1.807, 2.05) is 6.92 Å². The Kier molecular flexibility index (Phi) is 4.81. The summed E-state index contributed by atoms with van der Waals surface area (Å²) in [7, 11) is 0. The fourth-order valence-corrected chi connectivity index (χ4v) is 2.68. The maximum Gasteiger partial charge on any atom is 0.325 e. The second-order valence-corrected chi connectivity index (χ2v) is 6.72. The fourth-order valence-electron chi connectivity index (χ4n) is 2.68. The monoisotopic (exact) mass is 368 g/mol. The average molecular weight is 368 g/mol. The summed E-state index contributed by atoms with van der Waals surface area (Å²) >= 11 is 0. The average Bonchev–Trinajstić information content (AvgIpc) is 2.80. The zero-order valence-electron chi connectivity index (χ0n) is 15.3. The highest BCUT2D eigenvalue weighted by atomic mass is 16.5. The van der Waals surface area contributed by atoms with Crippen LogP contribution in [-0.4, -0.2) is 39.8 Å². The third-order valence-corrected chi connectivity index (χ3v) is 4.32. The minimum Gasteiger partial charge on any atom is -0.455 e. The molecule has 140 valence electrons. The number of aryl methyl sites for hydroxylation is 1. The number of anilines is 1. The van der Waals surface area contributed by atoms with Crippen LogP contribution in [0.3, 0.4) is 0 Å². The first-order valence-corrected chi connectivity index (χ1v) is 8.39. The summed E-state index contributed by atoms with van der Waals surface area (Å²) in [5.74, 6) is 0.442. The van der Waals surface area contributed by atoms with Crippen LogP contribution in [0.1, 0.15) is 19.4 Å². The Hall–Kier alpha value is -3.42. The Bertz CT molecular complexity index is 896. The molecule has 2 N–H and O–H groups in total. The van der Waals surface area contributed by atoms with Crippen molar-refractivity contribution in [1.29, 1.82) is 0 Å². The predicted molar refractivity (Wildman–Crippen MR) is 98.4 cm³/mol. The van der Waals surface area contributed by atoms with Crippen LogP contribution in [0.4, 0.5) is 10.5 Å². The number of amides is 4. The molecule has 1 saturated heterocycles. The number of carbonyl (C=O) groups is 3. The lowest BCUT2D eigenvalue weighted by molar-refractivity contribution is -0.126. The van der Waals surface area contributed by atoms with Crippen LogP contribution in [-0.2, 0) is 9.59 Å². The van der Waals surface area contributed by atoms with Crippen molar-refractivity contribution in [1.82, 2.24) is 15.2 Å². The van der Waals surface area contributed by atoms with E-state index >= 15 is 0 Å². The van der Waals surface area contributed by atoms with Crippen LogP contribution in [0.15, 0.2) is 42.7 Å². The largest absolute Gasteiger partial charge is 0.455 e. The second-order valence-electron chi connectivity index (χ2n) is 6.72. The Morgan fingerprint density at radius 3 is 2.67 bits per heavy atom. The lowest BCUT2D eigenvalue weighted by Gasteiger charge is -2.27. The van der Waals surface area contributed by atoms with Gasteiger partial charge in [0.2, 0.25) is 5.91 Å². The van der Waals surface area contributed by atoms with Gasteiger partial charge in [0.15, 0.2) is 0 Å². The maximum atomic E-state index is 12.3. The van der Waals surface area contributed by atoms with Crippen LogP contribution in [0, 0.1) is 6.92 Å². The molecular formula is C19H20N4O4. The number of aromatic nitrogens is 1. The molecule has 2 aromatic rings. The maximum absolute atomic E-state index is 12.3. The number of urea groups is 1. The quantitative estimate of drug-likeness (QED) is 0.790. The van der Waals surface area contributed by atoms with Crippen molar-refractivity contribution in [3.8, 4) is 11.5 Å². The first-order valence-electron chi connectivity index (χ1n) is 8.39. The molecule has 1 aliphatic heterocycles. The molecule has 1 aromatic carbocycles. The summed E-state index contributed by atoms with van der Waals surface area (Å²) in [6.45, 7) is 4.82. The van der Waals surface area contributed by atoms with Crippen LogP contribution < -0.4 is 15.4 Å². The number of benzene rings is 1. The topological polar surface area (TPSA) is 101 Å². The molecule has 0 saturated carbocycles. The summed E-state index contributed by atoms with van der Waals surface area (Å²) in [5.41, 5.74) is 0.331. The van der Waals surface area contributed by atoms with E-state index in [0.717, 1.165) is 5.56 Å². The van der Waals surface area contributed by atoms with Gasteiger partial charge in [-0.25, -0.2) is 4.79 Å². The minimum atomic E-state index is -1.06. The minimum absolute atomic E-state index is 0.225. The smallest absolute Gasteiger partial charge is 0.325 e. The van der Waals surface area contributed by atoms with Gasteiger partial charge in [-0.1, -0.05) is 0 Å². The lowest BCUT2D eigenvalue weighted by atomic mass is 10.0. The van der Waals surface area contributed by atoms with Crippen molar-refractivity contribution in [2.24, 2.45) is 0 Å². The number of rotatable bonds is 5. The zero-order chi connectivity index (χ0) is 19.6. The number of carbonyl (C=O) groups excluding carboxylic acids is 3. The first-order chi connectivity index (χ1) is 12.8. The van der Waals surface area contributed by atoms with Gasteiger partial charge in [0.25, 0.3) is 5.91 Å². The number of imide groups is 1. The molecule has 1 aliphatic rings. The van der Waals surface area contributed by atoms with Crippen molar-refractivity contribution in [2.45, 2.75) is 26.3 Å². The third kappa shape index (κ3) is 3.89.